The summed E-state index contributed by atoms with van der Waals surface area (Å²) >= 11 is 0. The molecule has 0 saturated heterocycles. The van der Waals surface area contributed by atoms with E-state index in [2.05, 4.69) is 29.4 Å². The smallest absolute Gasteiger partial charge is 0.326 e. The van der Waals surface area contributed by atoms with E-state index >= 15 is 0 Å². The van der Waals surface area contributed by atoms with Gasteiger partial charge in [0.25, 0.3) is 0 Å². The van der Waals surface area contributed by atoms with Crippen LogP contribution in [0.25, 0.3) is 0 Å². The lowest BCUT2D eigenvalue weighted by Crippen LogP contribution is -2.49. The Hall–Kier alpha value is -1.30. The average Bonchev–Trinajstić information content (AvgIpc) is 2.23. The topological polar surface area (TPSA) is 81.7 Å². The van der Waals surface area contributed by atoms with E-state index in [0.29, 0.717) is 13.0 Å². The third kappa shape index (κ3) is 8.74. The van der Waals surface area contributed by atoms with Gasteiger partial charge in [0.15, 0.2) is 0 Å². The van der Waals surface area contributed by atoms with Crippen LogP contribution in [0.2, 0.25) is 0 Å². The monoisotopic (exact) mass is 287 g/mol. The highest BCUT2D eigenvalue weighted by atomic mass is 16.4. The molecule has 0 aromatic heterocycles. The molecule has 0 radical (unpaired) electrons. The number of amides is 2. The summed E-state index contributed by atoms with van der Waals surface area (Å²) in [6.45, 7) is 9.28. The number of urea groups is 1. The van der Waals surface area contributed by atoms with Crippen LogP contribution in [0.3, 0.4) is 0 Å². The van der Waals surface area contributed by atoms with E-state index in [4.69, 9.17) is 5.11 Å². The van der Waals surface area contributed by atoms with Crippen molar-refractivity contribution in [2.75, 3.05) is 27.2 Å². The molecule has 20 heavy (non-hydrogen) atoms. The van der Waals surface area contributed by atoms with E-state index in [9.17, 15) is 9.59 Å². The van der Waals surface area contributed by atoms with E-state index in [1.54, 1.807) is 0 Å². The van der Waals surface area contributed by atoms with Crippen LogP contribution in [0.15, 0.2) is 0 Å². The van der Waals surface area contributed by atoms with Crippen molar-refractivity contribution in [3.8, 4) is 0 Å². The standard InChI is InChI=1S/C14H29N3O3/c1-10(2)7-11(12(18)19)16-13(20)15-8-14(3,4)9-17(5)6/h10-11H,7-9H2,1-6H3,(H,18,19)(H2,15,16,20)/t11-/m0/s1. The largest absolute Gasteiger partial charge is 0.480 e. The molecular weight excluding hydrogens is 258 g/mol. The van der Waals surface area contributed by atoms with Gasteiger partial charge in [-0.15, -0.1) is 0 Å². The number of rotatable bonds is 8. The Morgan fingerprint density at radius 2 is 1.80 bits per heavy atom. The van der Waals surface area contributed by atoms with Crippen molar-refractivity contribution >= 4 is 12.0 Å². The average molecular weight is 287 g/mol. The van der Waals surface area contributed by atoms with Crippen LogP contribution < -0.4 is 10.6 Å². The summed E-state index contributed by atoms with van der Waals surface area (Å²) in [7, 11) is 3.95. The summed E-state index contributed by atoms with van der Waals surface area (Å²) in [5.41, 5.74) is -0.0718. The third-order valence-corrected chi connectivity index (χ3v) is 2.78. The molecule has 6 nitrogen and oxygen atoms in total. The van der Waals surface area contributed by atoms with Crippen molar-refractivity contribution in [2.24, 2.45) is 11.3 Å². The van der Waals surface area contributed by atoms with Crippen LogP contribution in [-0.2, 0) is 4.79 Å². The molecular formula is C14H29N3O3. The normalized spacial score (nSPS) is 13.4. The molecule has 2 amide bonds. The van der Waals surface area contributed by atoms with Crippen molar-refractivity contribution in [1.29, 1.82) is 0 Å². The Labute approximate surface area is 121 Å². The van der Waals surface area contributed by atoms with Gasteiger partial charge in [-0.2, -0.15) is 0 Å². The van der Waals surface area contributed by atoms with Crippen LogP contribution in [0.1, 0.15) is 34.1 Å². The number of carboxylic acids is 1. The van der Waals surface area contributed by atoms with Gasteiger partial charge in [-0.3, -0.25) is 0 Å². The van der Waals surface area contributed by atoms with Gasteiger partial charge in [0.05, 0.1) is 0 Å². The number of nitrogens with zero attached hydrogens (tertiary/aromatic N) is 1. The third-order valence-electron chi connectivity index (χ3n) is 2.78. The Bertz CT molecular complexity index is 328. The molecule has 0 aliphatic rings. The minimum atomic E-state index is -0.999. The molecule has 1 atom stereocenters. The maximum Gasteiger partial charge on any atom is 0.326 e. The van der Waals surface area contributed by atoms with E-state index < -0.39 is 18.0 Å². The molecule has 0 rings (SSSR count). The zero-order valence-electron chi connectivity index (χ0n) is 13.5. The van der Waals surface area contributed by atoms with Crippen LogP contribution >= 0.6 is 0 Å². The van der Waals surface area contributed by atoms with Crippen molar-refractivity contribution in [2.45, 2.75) is 40.2 Å². The van der Waals surface area contributed by atoms with Crippen LogP contribution in [0.4, 0.5) is 4.79 Å². The maximum atomic E-state index is 11.8. The fourth-order valence-electron chi connectivity index (χ4n) is 2.13. The highest BCUT2D eigenvalue weighted by Crippen LogP contribution is 2.14. The lowest BCUT2D eigenvalue weighted by molar-refractivity contribution is -0.139. The number of aliphatic carboxylic acids is 1. The van der Waals surface area contributed by atoms with Crippen molar-refractivity contribution in [1.82, 2.24) is 15.5 Å². The summed E-state index contributed by atoms with van der Waals surface area (Å²) in [5.74, 6) is -0.789. The highest BCUT2D eigenvalue weighted by molar-refractivity contribution is 5.82. The van der Waals surface area contributed by atoms with E-state index in [0.717, 1.165) is 6.54 Å². The van der Waals surface area contributed by atoms with Gasteiger partial charge in [0.2, 0.25) is 0 Å². The van der Waals surface area contributed by atoms with Crippen LogP contribution in [0.5, 0.6) is 0 Å². The Morgan fingerprint density at radius 1 is 1.25 bits per heavy atom. The van der Waals surface area contributed by atoms with E-state index in [1.807, 2.05) is 27.9 Å². The molecule has 0 unspecified atom stereocenters. The van der Waals surface area contributed by atoms with Gasteiger partial charge in [0, 0.05) is 13.1 Å². The van der Waals surface area contributed by atoms with Gasteiger partial charge in [-0.1, -0.05) is 27.7 Å². The van der Waals surface area contributed by atoms with E-state index in [1.165, 1.54) is 0 Å². The van der Waals surface area contributed by atoms with Gasteiger partial charge in [-0.05, 0) is 31.8 Å². The summed E-state index contributed by atoms with van der Waals surface area (Å²) in [6.07, 6.45) is 0.420. The highest BCUT2D eigenvalue weighted by Gasteiger charge is 2.23. The molecule has 0 spiro atoms. The van der Waals surface area contributed by atoms with Gasteiger partial charge in [0.1, 0.15) is 6.04 Å². The molecule has 0 aliphatic heterocycles. The second-order valence-corrected chi connectivity index (χ2v) is 6.75. The second-order valence-electron chi connectivity index (χ2n) is 6.75. The zero-order valence-corrected chi connectivity index (χ0v) is 13.5. The fraction of sp³-hybridized carbons (Fsp3) is 0.857. The number of carboxylic acid groups (broad SMARTS) is 1. The Kier molecular flexibility index (Phi) is 7.57. The first-order chi connectivity index (χ1) is 9.03. The van der Waals surface area contributed by atoms with Crippen molar-refractivity contribution in [3.05, 3.63) is 0 Å². The van der Waals surface area contributed by atoms with Gasteiger partial charge < -0.3 is 20.6 Å². The number of carbonyl (C=O) groups is 2. The molecule has 0 saturated carbocycles. The molecule has 0 aromatic carbocycles. The maximum absolute atomic E-state index is 11.8. The number of nitrogens with one attached hydrogen (secondary N) is 2. The van der Waals surface area contributed by atoms with Crippen LogP contribution in [-0.4, -0.2) is 55.2 Å². The molecule has 118 valence electrons. The predicted octanol–water partition coefficient (Wildman–Crippen LogP) is 1.37. The van der Waals surface area contributed by atoms with E-state index in [-0.39, 0.29) is 11.3 Å². The summed E-state index contributed by atoms with van der Waals surface area (Å²) in [4.78, 5) is 24.9. The van der Waals surface area contributed by atoms with Crippen molar-refractivity contribution in [3.63, 3.8) is 0 Å². The lowest BCUT2D eigenvalue weighted by Gasteiger charge is -2.28. The Balaban J connectivity index is 4.30. The summed E-state index contributed by atoms with van der Waals surface area (Å²) in [5, 5.41) is 14.3. The Morgan fingerprint density at radius 3 is 2.20 bits per heavy atom. The number of hydrogen-bond acceptors (Lipinski definition) is 3. The minimum absolute atomic E-state index is 0.0718. The molecule has 0 heterocycles. The second kappa shape index (κ2) is 8.09. The zero-order chi connectivity index (χ0) is 15.9. The first kappa shape index (κ1) is 18.7. The predicted molar refractivity (Wildman–Crippen MR) is 79.7 cm³/mol. The SMILES string of the molecule is CC(C)C[C@H](NC(=O)NCC(C)(C)CN(C)C)C(=O)O. The molecule has 0 aliphatic carbocycles. The first-order valence-corrected chi connectivity index (χ1v) is 6.95. The van der Waals surface area contributed by atoms with Gasteiger partial charge >= 0.3 is 12.0 Å². The molecule has 0 bridgehead atoms. The molecule has 0 fully saturated rings. The first-order valence-electron chi connectivity index (χ1n) is 6.95. The lowest BCUT2D eigenvalue weighted by atomic mass is 9.93. The number of carbonyl (C=O) groups excluding carboxylic acids is 1. The molecule has 0 aromatic rings. The number of hydrogen-bond donors (Lipinski definition) is 3. The molecule has 6 heteroatoms. The van der Waals surface area contributed by atoms with Crippen LogP contribution in [0, 0.1) is 11.3 Å². The minimum Gasteiger partial charge on any atom is -0.480 e. The quantitative estimate of drug-likeness (QED) is 0.630. The van der Waals surface area contributed by atoms with Crippen molar-refractivity contribution < 1.29 is 14.7 Å². The van der Waals surface area contributed by atoms with Gasteiger partial charge in [-0.25, -0.2) is 9.59 Å². The summed E-state index contributed by atoms with van der Waals surface area (Å²) < 4.78 is 0. The summed E-state index contributed by atoms with van der Waals surface area (Å²) in [6, 6.07) is -1.27. The molecule has 3 N–H and O–H groups in total. The fourth-order valence-corrected chi connectivity index (χ4v) is 2.13.